The van der Waals surface area contributed by atoms with E-state index in [1.165, 1.54) is 0 Å². The van der Waals surface area contributed by atoms with Gasteiger partial charge in [0.2, 0.25) is 0 Å². The first-order chi connectivity index (χ1) is 9.64. The minimum absolute atomic E-state index is 0.0226. The lowest BCUT2D eigenvalue weighted by atomic mass is 9.80. The van der Waals surface area contributed by atoms with E-state index >= 15 is 0 Å². The van der Waals surface area contributed by atoms with Crippen molar-refractivity contribution in [2.75, 3.05) is 26.4 Å². The highest BCUT2D eigenvalue weighted by Gasteiger charge is 2.42. The van der Waals surface area contributed by atoms with E-state index in [2.05, 4.69) is 12.2 Å². The summed E-state index contributed by atoms with van der Waals surface area (Å²) in [5.74, 6) is -0.749. The molecule has 0 amide bonds. The molecule has 1 saturated carbocycles. The number of carboxylic acids is 1. The summed E-state index contributed by atoms with van der Waals surface area (Å²) >= 11 is 0. The van der Waals surface area contributed by atoms with Crippen LogP contribution in [-0.4, -0.2) is 49.1 Å². The number of carboxylic acid groups (broad SMARTS) is 1. The fourth-order valence-corrected chi connectivity index (χ4v) is 2.68. The normalized spacial score (nSPS) is 26.6. The summed E-state index contributed by atoms with van der Waals surface area (Å²) in [6, 6.07) is 0. The van der Waals surface area contributed by atoms with Gasteiger partial charge in [-0.25, -0.2) is 0 Å². The van der Waals surface area contributed by atoms with Gasteiger partial charge in [-0.3, -0.25) is 4.79 Å². The molecule has 0 aromatic carbocycles. The van der Waals surface area contributed by atoms with E-state index in [0.717, 1.165) is 38.8 Å². The fourth-order valence-electron chi connectivity index (χ4n) is 2.68. The van der Waals surface area contributed by atoms with Gasteiger partial charge in [-0.15, -0.1) is 0 Å². The van der Waals surface area contributed by atoms with Crippen LogP contribution in [0, 0.1) is 0 Å². The van der Waals surface area contributed by atoms with E-state index in [1.807, 2.05) is 6.92 Å². The van der Waals surface area contributed by atoms with Crippen molar-refractivity contribution in [1.82, 2.24) is 5.32 Å². The van der Waals surface area contributed by atoms with Gasteiger partial charge in [0.1, 0.15) is 5.54 Å². The van der Waals surface area contributed by atoms with Gasteiger partial charge in [-0.2, -0.15) is 0 Å². The first kappa shape index (κ1) is 17.4. The van der Waals surface area contributed by atoms with Crippen LogP contribution < -0.4 is 5.32 Å². The maximum absolute atomic E-state index is 11.6. The van der Waals surface area contributed by atoms with Crippen LogP contribution in [0.1, 0.15) is 52.4 Å². The molecule has 0 radical (unpaired) electrons. The third kappa shape index (κ3) is 5.38. The Morgan fingerprint density at radius 3 is 2.75 bits per heavy atom. The van der Waals surface area contributed by atoms with Crippen LogP contribution in [0.25, 0.3) is 0 Å². The fraction of sp³-hybridized carbons (Fsp3) is 0.933. The minimum atomic E-state index is -0.802. The molecule has 5 heteroatoms. The highest BCUT2D eigenvalue weighted by atomic mass is 16.5. The Labute approximate surface area is 122 Å². The maximum Gasteiger partial charge on any atom is 0.323 e. The predicted octanol–water partition coefficient (Wildman–Crippen LogP) is 2.20. The zero-order valence-electron chi connectivity index (χ0n) is 12.8. The number of carbonyl (C=O) groups is 1. The Balaban J connectivity index is 2.40. The van der Waals surface area contributed by atoms with Crippen molar-refractivity contribution in [2.45, 2.75) is 64.0 Å². The first-order valence-electron chi connectivity index (χ1n) is 7.82. The lowest BCUT2D eigenvalue weighted by molar-refractivity contribution is -0.149. The smallest absolute Gasteiger partial charge is 0.323 e. The van der Waals surface area contributed by atoms with Crippen molar-refractivity contribution in [2.24, 2.45) is 0 Å². The van der Waals surface area contributed by atoms with Gasteiger partial charge in [0.25, 0.3) is 0 Å². The van der Waals surface area contributed by atoms with Gasteiger partial charge < -0.3 is 19.9 Å². The van der Waals surface area contributed by atoms with E-state index in [0.29, 0.717) is 26.1 Å². The van der Waals surface area contributed by atoms with Crippen LogP contribution in [0.5, 0.6) is 0 Å². The Hall–Kier alpha value is -0.650. The summed E-state index contributed by atoms with van der Waals surface area (Å²) in [4.78, 5) is 11.6. The highest BCUT2D eigenvalue weighted by molar-refractivity contribution is 5.79. The second-order valence-corrected chi connectivity index (χ2v) is 5.52. The summed E-state index contributed by atoms with van der Waals surface area (Å²) < 4.78 is 11.2. The number of hydrogen-bond donors (Lipinski definition) is 2. The summed E-state index contributed by atoms with van der Waals surface area (Å²) in [7, 11) is 0. The number of ether oxygens (including phenoxy) is 2. The zero-order chi connectivity index (χ0) is 14.8. The molecule has 1 aliphatic carbocycles. The number of hydrogen-bond acceptors (Lipinski definition) is 4. The standard InChI is InChI=1S/C15H29NO4/c1-3-8-16-15(14(17)18)7-5-6-13(12-15)20-11-10-19-9-4-2/h13,16H,3-12H2,1-2H3,(H,17,18). The Morgan fingerprint density at radius 1 is 1.30 bits per heavy atom. The maximum atomic E-state index is 11.6. The van der Waals surface area contributed by atoms with Gasteiger partial charge >= 0.3 is 5.97 Å². The van der Waals surface area contributed by atoms with Crippen molar-refractivity contribution in [1.29, 1.82) is 0 Å². The van der Waals surface area contributed by atoms with Crippen molar-refractivity contribution in [3.05, 3.63) is 0 Å². The topological polar surface area (TPSA) is 67.8 Å². The number of nitrogens with one attached hydrogen (secondary N) is 1. The van der Waals surface area contributed by atoms with Crippen molar-refractivity contribution in [3.63, 3.8) is 0 Å². The molecule has 0 spiro atoms. The van der Waals surface area contributed by atoms with E-state index in [4.69, 9.17) is 9.47 Å². The molecule has 2 N–H and O–H groups in total. The molecule has 2 atom stereocenters. The largest absolute Gasteiger partial charge is 0.480 e. The van der Waals surface area contributed by atoms with Gasteiger partial charge in [0, 0.05) is 13.0 Å². The molecule has 118 valence electrons. The Kier molecular flexibility index (Phi) is 8.11. The summed E-state index contributed by atoms with van der Waals surface area (Å²) in [6.07, 6.45) is 5.04. The van der Waals surface area contributed by atoms with Gasteiger partial charge in [-0.1, -0.05) is 13.8 Å². The Bertz CT molecular complexity index is 285. The van der Waals surface area contributed by atoms with Crippen LogP contribution in [0.15, 0.2) is 0 Å². The molecule has 0 aromatic rings. The van der Waals surface area contributed by atoms with Crippen LogP contribution in [0.2, 0.25) is 0 Å². The van der Waals surface area contributed by atoms with E-state index in [1.54, 1.807) is 0 Å². The minimum Gasteiger partial charge on any atom is -0.480 e. The summed E-state index contributed by atoms with van der Waals surface area (Å²) in [6.45, 7) is 6.75. The van der Waals surface area contributed by atoms with Crippen LogP contribution in [-0.2, 0) is 14.3 Å². The van der Waals surface area contributed by atoms with Gasteiger partial charge in [-0.05, 0) is 38.6 Å². The second-order valence-electron chi connectivity index (χ2n) is 5.52. The molecule has 5 nitrogen and oxygen atoms in total. The molecule has 0 heterocycles. The third-order valence-corrected chi connectivity index (χ3v) is 3.76. The van der Waals surface area contributed by atoms with Crippen molar-refractivity contribution < 1.29 is 19.4 Å². The van der Waals surface area contributed by atoms with E-state index in [-0.39, 0.29) is 6.10 Å². The van der Waals surface area contributed by atoms with Crippen molar-refractivity contribution >= 4 is 5.97 Å². The number of rotatable bonds is 10. The molecular weight excluding hydrogens is 258 g/mol. The molecule has 1 aliphatic rings. The first-order valence-corrected chi connectivity index (χ1v) is 7.82. The third-order valence-electron chi connectivity index (χ3n) is 3.76. The predicted molar refractivity (Wildman–Crippen MR) is 78.0 cm³/mol. The highest BCUT2D eigenvalue weighted by Crippen LogP contribution is 2.30. The lowest BCUT2D eigenvalue weighted by Gasteiger charge is -2.38. The second kappa shape index (κ2) is 9.32. The monoisotopic (exact) mass is 287 g/mol. The van der Waals surface area contributed by atoms with Gasteiger partial charge in [0.05, 0.1) is 19.3 Å². The van der Waals surface area contributed by atoms with Gasteiger partial charge in [0.15, 0.2) is 0 Å². The molecule has 0 aliphatic heterocycles. The lowest BCUT2D eigenvalue weighted by Crippen LogP contribution is -2.56. The molecule has 0 saturated heterocycles. The van der Waals surface area contributed by atoms with Crippen molar-refractivity contribution in [3.8, 4) is 0 Å². The summed E-state index contributed by atoms with van der Waals surface area (Å²) in [5.41, 5.74) is -0.802. The average molecular weight is 287 g/mol. The molecule has 0 bridgehead atoms. The molecular formula is C15H29NO4. The molecule has 20 heavy (non-hydrogen) atoms. The van der Waals surface area contributed by atoms with E-state index < -0.39 is 11.5 Å². The molecule has 1 fully saturated rings. The number of aliphatic carboxylic acids is 1. The van der Waals surface area contributed by atoms with Crippen LogP contribution >= 0.6 is 0 Å². The van der Waals surface area contributed by atoms with E-state index in [9.17, 15) is 9.90 Å². The molecule has 0 aromatic heterocycles. The zero-order valence-corrected chi connectivity index (χ0v) is 12.8. The van der Waals surface area contributed by atoms with Crippen LogP contribution in [0.3, 0.4) is 0 Å². The average Bonchev–Trinajstić information content (AvgIpc) is 2.45. The molecule has 1 rings (SSSR count). The summed E-state index contributed by atoms with van der Waals surface area (Å²) in [5, 5.41) is 12.7. The Morgan fingerprint density at radius 2 is 2.10 bits per heavy atom. The SMILES string of the molecule is CCCNC1(C(=O)O)CCCC(OCCOCCC)C1. The molecule has 2 unspecified atom stereocenters. The quantitative estimate of drug-likeness (QED) is 0.603. The van der Waals surface area contributed by atoms with Crippen LogP contribution in [0.4, 0.5) is 0 Å².